The van der Waals surface area contributed by atoms with Crippen LogP contribution in [-0.4, -0.2) is 61.2 Å². The number of para-hydroxylation sites is 1. The predicted molar refractivity (Wildman–Crippen MR) is 126 cm³/mol. The minimum atomic E-state index is -0.718. The highest BCUT2D eigenvalue weighted by molar-refractivity contribution is 5.87. The summed E-state index contributed by atoms with van der Waals surface area (Å²) in [6.07, 6.45) is 1.84. The third kappa shape index (κ3) is 6.34. The molecular weight excluding hydrogens is 422 g/mol. The second-order valence-corrected chi connectivity index (χ2v) is 8.33. The van der Waals surface area contributed by atoms with Gasteiger partial charge in [0, 0.05) is 49.4 Å². The molecule has 0 bridgehead atoms. The topological polar surface area (TPSA) is 106 Å². The number of hydrogen-bond donors (Lipinski definition) is 2. The van der Waals surface area contributed by atoms with E-state index in [1.165, 1.54) is 6.92 Å². The molecule has 0 aliphatic carbocycles. The molecule has 2 aromatic rings. The van der Waals surface area contributed by atoms with Gasteiger partial charge in [-0.25, -0.2) is 9.97 Å². The summed E-state index contributed by atoms with van der Waals surface area (Å²) < 4.78 is 10.8. The number of nitrogens with zero attached hydrogens (tertiary/aromatic N) is 3. The van der Waals surface area contributed by atoms with E-state index >= 15 is 0 Å². The number of methoxy groups -OCH3 is 2. The highest BCUT2D eigenvalue weighted by Crippen LogP contribution is 2.31. The summed E-state index contributed by atoms with van der Waals surface area (Å²) in [6.45, 7) is 6.84. The summed E-state index contributed by atoms with van der Waals surface area (Å²) in [5, 5.41) is 5.89. The predicted octanol–water partition coefficient (Wildman–Crippen LogP) is 1.94. The van der Waals surface area contributed by atoms with E-state index < -0.39 is 6.04 Å². The van der Waals surface area contributed by atoms with E-state index in [0.717, 1.165) is 48.8 Å². The van der Waals surface area contributed by atoms with Gasteiger partial charge in [-0.1, -0.05) is 12.1 Å². The fourth-order valence-corrected chi connectivity index (χ4v) is 4.16. The molecule has 9 nitrogen and oxygen atoms in total. The van der Waals surface area contributed by atoms with Crippen LogP contribution < -0.4 is 25.0 Å². The van der Waals surface area contributed by atoms with E-state index in [2.05, 4.69) is 25.5 Å². The van der Waals surface area contributed by atoms with Crippen LogP contribution in [0.1, 0.15) is 36.7 Å². The maximum absolute atomic E-state index is 13.1. The molecule has 0 radical (unpaired) electrons. The fraction of sp³-hybridized carbons (Fsp3) is 0.500. The molecule has 2 heterocycles. The SMILES string of the molecule is COc1cccc(CC(NC(C)=O)C(=O)NC2CCN(c3nc(C)cc(C)n3)CC2)c1OC. The van der Waals surface area contributed by atoms with Gasteiger partial charge in [-0.2, -0.15) is 0 Å². The normalized spacial score (nSPS) is 15.0. The van der Waals surface area contributed by atoms with Crippen LogP contribution in [0.2, 0.25) is 0 Å². The Kier molecular flexibility index (Phi) is 8.08. The molecule has 1 saturated heterocycles. The van der Waals surface area contributed by atoms with Gasteiger partial charge < -0.3 is 25.0 Å². The largest absolute Gasteiger partial charge is 0.493 e. The Bertz CT molecular complexity index is 969. The second-order valence-electron chi connectivity index (χ2n) is 8.33. The van der Waals surface area contributed by atoms with Crippen LogP contribution in [0.15, 0.2) is 24.3 Å². The molecule has 9 heteroatoms. The van der Waals surface area contributed by atoms with Crippen LogP contribution in [0.25, 0.3) is 0 Å². The minimum absolute atomic E-state index is 0.0168. The van der Waals surface area contributed by atoms with Crippen molar-refractivity contribution in [2.24, 2.45) is 0 Å². The molecule has 0 saturated carbocycles. The molecule has 2 N–H and O–H groups in total. The summed E-state index contributed by atoms with van der Waals surface area (Å²) in [6, 6.07) is 6.75. The average molecular weight is 456 g/mol. The Hall–Kier alpha value is -3.36. The summed E-state index contributed by atoms with van der Waals surface area (Å²) in [5.74, 6) is 1.40. The number of anilines is 1. The van der Waals surface area contributed by atoms with Gasteiger partial charge in [0.1, 0.15) is 6.04 Å². The summed E-state index contributed by atoms with van der Waals surface area (Å²) in [4.78, 5) is 36.1. The second kappa shape index (κ2) is 11.0. The van der Waals surface area contributed by atoms with Crippen LogP contribution in [0.4, 0.5) is 5.95 Å². The van der Waals surface area contributed by atoms with E-state index in [-0.39, 0.29) is 17.9 Å². The first kappa shape index (κ1) is 24.3. The standard InChI is InChI=1S/C24H33N5O4/c1-15-13-16(2)26-24(25-15)29-11-9-19(10-12-29)28-23(31)20(27-17(3)30)14-18-7-6-8-21(32-4)22(18)33-5/h6-8,13,19-20H,9-12,14H2,1-5H3,(H,27,30)(H,28,31). The van der Waals surface area contributed by atoms with Crippen molar-refractivity contribution in [2.45, 2.75) is 52.1 Å². The quantitative estimate of drug-likeness (QED) is 0.627. The van der Waals surface area contributed by atoms with Gasteiger partial charge in [0.15, 0.2) is 11.5 Å². The summed E-state index contributed by atoms with van der Waals surface area (Å²) >= 11 is 0. The molecule has 178 valence electrons. The first-order valence-electron chi connectivity index (χ1n) is 11.1. The molecule has 0 spiro atoms. The van der Waals surface area contributed by atoms with E-state index in [9.17, 15) is 9.59 Å². The summed E-state index contributed by atoms with van der Waals surface area (Å²) in [5.41, 5.74) is 2.67. The van der Waals surface area contributed by atoms with Crippen molar-refractivity contribution >= 4 is 17.8 Å². The average Bonchev–Trinajstić information content (AvgIpc) is 2.78. The van der Waals surface area contributed by atoms with Crippen molar-refractivity contribution in [3.05, 3.63) is 41.2 Å². The highest BCUT2D eigenvalue weighted by atomic mass is 16.5. The Balaban J connectivity index is 1.65. The molecule has 3 rings (SSSR count). The lowest BCUT2D eigenvalue weighted by Crippen LogP contribution is -2.52. The minimum Gasteiger partial charge on any atom is -0.493 e. The first-order valence-corrected chi connectivity index (χ1v) is 11.1. The Morgan fingerprint density at radius 1 is 1.12 bits per heavy atom. The number of hydrogen-bond acceptors (Lipinski definition) is 7. The van der Waals surface area contributed by atoms with Gasteiger partial charge in [0.25, 0.3) is 0 Å². The van der Waals surface area contributed by atoms with Crippen LogP contribution in [-0.2, 0) is 16.0 Å². The van der Waals surface area contributed by atoms with Crippen molar-refractivity contribution in [3.8, 4) is 11.5 Å². The lowest BCUT2D eigenvalue weighted by atomic mass is 10.0. The molecule has 1 aliphatic rings. The van der Waals surface area contributed by atoms with Gasteiger partial charge in [0.2, 0.25) is 17.8 Å². The molecule has 1 aromatic carbocycles. The van der Waals surface area contributed by atoms with Crippen molar-refractivity contribution < 1.29 is 19.1 Å². The Morgan fingerprint density at radius 2 is 1.79 bits per heavy atom. The van der Waals surface area contributed by atoms with Crippen LogP contribution in [0, 0.1) is 13.8 Å². The van der Waals surface area contributed by atoms with Gasteiger partial charge in [-0.3, -0.25) is 9.59 Å². The van der Waals surface area contributed by atoms with Crippen molar-refractivity contribution in [1.82, 2.24) is 20.6 Å². The zero-order valence-corrected chi connectivity index (χ0v) is 20.0. The molecule has 1 aromatic heterocycles. The Labute approximate surface area is 194 Å². The van der Waals surface area contributed by atoms with E-state index in [1.54, 1.807) is 20.3 Å². The maximum Gasteiger partial charge on any atom is 0.243 e. The Morgan fingerprint density at radius 3 is 2.36 bits per heavy atom. The van der Waals surface area contributed by atoms with Gasteiger partial charge in [-0.05, 0) is 38.8 Å². The lowest BCUT2D eigenvalue weighted by Gasteiger charge is -2.33. The van der Waals surface area contributed by atoms with E-state index in [4.69, 9.17) is 9.47 Å². The number of rotatable bonds is 8. The maximum atomic E-state index is 13.1. The molecule has 1 atom stereocenters. The molecule has 33 heavy (non-hydrogen) atoms. The number of carbonyl (C=O) groups is 2. The zero-order chi connectivity index (χ0) is 24.0. The third-order valence-corrected chi connectivity index (χ3v) is 5.70. The highest BCUT2D eigenvalue weighted by Gasteiger charge is 2.27. The number of amides is 2. The number of aromatic nitrogens is 2. The fourth-order valence-electron chi connectivity index (χ4n) is 4.16. The first-order chi connectivity index (χ1) is 15.8. The van der Waals surface area contributed by atoms with E-state index in [0.29, 0.717) is 17.9 Å². The number of nitrogens with one attached hydrogen (secondary N) is 2. The van der Waals surface area contributed by atoms with Crippen LogP contribution in [0.3, 0.4) is 0 Å². The smallest absolute Gasteiger partial charge is 0.243 e. The van der Waals surface area contributed by atoms with Gasteiger partial charge in [-0.15, -0.1) is 0 Å². The zero-order valence-electron chi connectivity index (χ0n) is 20.0. The van der Waals surface area contributed by atoms with Crippen molar-refractivity contribution in [3.63, 3.8) is 0 Å². The summed E-state index contributed by atoms with van der Waals surface area (Å²) in [7, 11) is 3.12. The molecule has 1 unspecified atom stereocenters. The molecular formula is C24H33N5O4. The number of aryl methyl sites for hydroxylation is 2. The van der Waals surface area contributed by atoms with E-state index in [1.807, 2.05) is 32.0 Å². The van der Waals surface area contributed by atoms with Gasteiger partial charge in [0.05, 0.1) is 14.2 Å². The number of piperidine rings is 1. The number of benzene rings is 1. The molecule has 2 amide bonds. The molecule has 1 fully saturated rings. The monoisotopic (exact) mass is 455 g/mol. The van der Waals surface area contributed by atoms with Crippen molar-refractivity contribution in [2.75, 3.05) is 32.2 Å². The third-order valence-electron chi connectivity index (χ3n) is 5.70. The number of carbonyl (C=O) groups excluding carboxylic acids is 2. The molecule has 1 aliphatic heterocycles. The van der Waals surface area contributed by atoms with Crippen molar-refractivity contribution in [1.29, 1.82) is 0 Å². The van der Waals surface area contributed by atoms with Gasteiger partial charge >= 0.3 is 0 Å². The number of ether oxygens (including phenoxy) is 2. The van der Waals surface area contributed by atoms with Crippen LogP contribution in [0.5, 0.6) is 11.5 Å². The van der Waals surface area contributed by atoms with Crippen LogP contribution >= 0.6 is 0 Å². The lowest BCUT2D eigenvalue weighted by molar-refractivity contribution is -0.128.